The Morgan fingerprint density at radius 3 is 2.71 bits per heavy atom. The van der Waals surface area contributed by atoms with Crippen LogP contribution in [0.25, 0.3) is 10.8 Å². The summed E-state index contributed by atoms with van der Waals surface area (Å²) in [7, 11) is 0. The number of nitrogens with zero attached hydrogens (tertiary/aromatic N) is 1. The lowest BCUT2D eigenvalue weighted by Gasteiger charge is -2.14. The minimum absolute atomic E-state index is 0.715. The number of rotatable bonds is 6. The van der Waals surface area contributed by atoms with Gasteiger partial charge in [-0.25, -0.2) is 4.98 Å². The second-order valence-electron chi connectivity index (χ2n) is 5.88. The molecule has 0 aliphatic heterocycles. The summed E-state index contributed by atoms with van der Waals surface area (Å²) >= 11 is 0. The Balaban J connectivity index is 1.81. The Kier molecular flexibility index (Phi) is 4.71. The van der Waals surface area contributed by atoms with Gasteiger partial charge in [0.15, 0.2) is 0 Å². The van der Waals surface area contributed by atoms with Crippen molar-refractivity contribution in [3.05, 3.63) is 36.0 Å². The third kappa shape index (κ3) is 3.35. The largest absolute Gasteiger partial charge is 0.477 e. The number of hydrogen-bond donors (Lipinski definition) is 1. The lowest BCUT2D eigenvalue weighted by molar-refractivity contribution is 0.246. The van der Waals surface area contributed by atoms with Gasteiger partial charge in [-0.15, -0.1) is 0 Å². The minimum Gasteiger partial charge on any atom is -0.477 e. The standard InChI is InChI=1S/C18H24N2O/c1-2-19-11-15-12-20-18(17-10-6-5-9-16(15)17)21-13-14-7-3-4-8-14/h5-6,9-10,12,14,19H,2-4,7-8,11,13H2,1H3. The summed E-state index contributed by atoms with van der Waals surface area (Å²) in [6, 6.07) is 8.41. The molecule has 3 heteroatoms. The van der Waals surface area contributed by atoms with E-state index in [2.05, 4.69) is 41.5 Å². The van der Waals surface area contributed by atoms with Crippen molar-refractivity contribution in [2.24, 2.45) is 5.92 Å². The van der Waals surface area contributed by atoms with E-state index >= 15 is 0 Å². The van der Waals surface area contributed by atoms with Gasteiger partial charge in [0.05, 0.1) is 6.61 Å². The summed E-state index contributed by atoms with van der Waals surface area (Å²) in [4.78, 5) is 4.56. The number of ether oxygens (including phenoxy) is 1. The van der Waals surface area contributed by atoms with Crippen LogP contribution < -0.4 is 10.1 Å². The van der Waals surface area contributed by atoms with E-state index < -0.39 is 0 Å². The molecular weight excluding hydrogens is 260 g/mol. The van der Waals surface area contributed by atoms with Gasteiger partial charge in [0.2, 0.25) is 5.88 Å². The molecule has 1 aliphatic carbocycles. The SMILES string of the molecule is CCNCc1cnc(OCC2CCCC2)c2ccccc12. The van der Waals surface area contributed by atoms with Gasteiger partial charge in [-0.05, 0) is 42.3 Å². The molecule has 1 saturated carbocycles. The van der Waals surface area contributed by atoms with E-state index in [1.165, 1.54) is 36.6 Å². The molecule has 1 aromatic carbocycles. The number of pyridine rings is 1. The number of fused-ring (bicyclic) bond motifs is 1. The van der Waals surface area contributed by atoms with Crippen molar-refractivity contribution >= 4 is 10.8 Å². The highest BCUT2D eigenvalue weighted by Gasteiger charge is 2.16. The number of nitrogens with one attached hydrogen (secondary N) is 1. The van der Waals surface area contributed by atoms with Crippen molar-refractivity contribution in [3.8, 4) is 5.88 Å². The summed E-state index contributed by atoms with van der Waals surface area (Å²) in [6.45, 7) is 4.75. The molecular formula is C18H24N2O. The van der Waals surface area contributed by atoms with Crippen molar-refractivity contribution in [2.45, 2.75) is 39.2 Å². The first-order chi connectivity index (χ1) is 10.4. The molecule has 21 heavy (non-hydrogen) atoms. The number of hydrogen-bond acceptors (Lipinski definition) is 3. The van der Waals surface area contributed by atoms with Crippen LogP contribution in [0, 0.1) is 5.92 Å². The van der Waals surface area contributed by atoms with Crippen molar-refractivity contribution in [1.29, 1.82) is 0 Å². The predicted octanol–water partition coefficient (Wildman–Crippen LogP) is 3.91. The molecule has 0 unspecified atom stereocenters. The van der Waals surface area contributed by atoms with E-state index in [0.29, 0.717) is 5.92 Å². The Bertz CT molecular complexity index is 591. The third-order valence-corrected chi connectivity index (χ3v) is 4.34. The van der Waals surface area contributed by atoms with Crippen LogP contribution in [-0.2, 0) is 6.54 Å². The van der Waals surface area contributed by atoms with Crippen molar-refractivity contribution in [2.75, 3.05) is 13.2 Å². The Hall–Kier alpha value is -1.61. The molecule has 3 nitrogen and oxygen atoms in total. The highest BCUT2D eigenvalue weighted by Crippen LogP contribution is 2.29. The fourth-order valence-electron chi connectivity index (χ4n) is 3.11. The highest BCUT2D eigenvalue weighted by atomic mass is 16.5. The zero-order valence-corrected chi connectivity index (χ0v) is 12.8. The molecule has 2 aromatic rings. The van der Waals surface area contributed by atoms with Crippen molar-refractivity contribution in [1.82, 2.24) is 10.3 Å². The molecule has 1 aromatic heterocycles. The van der Waals surface area contributed by atoms with E-state index in [1.54, 1.807) is 0 Å². The summed E-state index contributed by atoms with van der Waals surface area (Å²) in [5.74, 6) is 1.50. The predicted molar refractivity (Wildman–Crippen MR) is 86.6 cm³/mol. The van der Waals surface area contributed by atoms with Crippen LogP contribution in [0.3, 0.4) is 0 Å². The second-order valence-corrected chi connectivity index (χ2v) is 5.88. The van der Waals surface area contributed by atoms with Gasteiger partial charge in [-0.2, -0.15) is 0 Å². The van der Waals surface area contributed by atoms with Gasteiger partial charge in [0.1, 0.15) is 0 Å². The van der Waals surface area contributed by atoms with Gasteiger partial charge in [-0.3, -0.25) is 0 Å². The second kappa shape index (κ2) is 6.90. The molecule has 3 rings (SSSR count). The summed E-state index contributed by atoms with van der Waals surface area (Å²) < 4.78 is 6.03. The molecule has 0 atom stereocenters. The Morgan fingerprint density at radius 2 is 1.95 bits per heavy atom. The van der Waals surface area contributed by atoms with Crippen LogP contribution in [0.1, 0.15) is 38.2 Å². The zero-order valence-electron chi connectivity index (χ0n) is 12.8. The average Bonchev–Trinajstić information content (AvgIpc) is 3.04. The van der Waals surface area contributed by atoms with E-state index in [0.717, 1.165) is 31.0 Å². The van der Waals surface area contributed by atoms with E-state index in [-0.39, 0.29) is 0 Å². The van der Waals surface area contributed by atoms with Crippen LogP contribution in [0.5, 0.6) is 5.88 Å². The van der Waals surface area contributed by atoms with Gasteiger partial charge >= 0.3 is 0 Å². The smallest absolute Gasteiger partial charge is 0.221 e. The lowest BCUT2D eigenvalue weighted by Crippen LogP contribution is -2.13. The maximum Gasteiger partial charge on any atom is 0.221 e. The Labute approximate surface area is 126 Å². The van der Waals surface area contributed by atoms with Gasteiger partial charge in [-0.1, -0.05) is 38.0 Å². The molecule has 0 spiro atoms. The molecule has 0 amide bonds. The molecule has 0 saturated heterocycles. The maximum atomic E-state index is 6.03. The van der Waals surface area contributed by atoms with Gasteiger partial charge in [0.25, 0.3) is 0 Å². The lowest BCUT2D eigenvalue weighted by atomic mass is 10.1. The molecule has 1 heterocycles. The van der Waals surface area contributed by atoms with Crippen LogP contribution >= 0.6 is 0 Å². The monoisotopic (exact) mass is 284 g/mol. The molecule has 112 valence electrons. The van der Waals surface area contributed by atoms with E-state index in [1.807, 2.05) is 6.20 Å². The fraction of sp³-hybridized carbons (Fsp3) is 0.500. The topological polar surface area (TPSA) is 34.2 Å². The van der Waals surface area contributed by atoms with Crippen LogP contribution in [0.4, 0.5) is 0 Å². The first-order valence-electron chi connectivity index (χ1n) is 8.08. The quantitative estimate of drug-likeness (QED) is 0.873. The molecule has 0 bridgehead atoms. The summed E-state index contributed by atoms with van der Waals surface area (Å²) in [5.41, 5.74) is 1.24. The molecule has 1 fully saturated rings. The van der Waals surface area contributed by atoms with Gasteiger partial charge in [0, 0.05) is 18.1 Å². The highest BCUT2D eigenvalue weighted by molar-refractivity contribution is 5.89. The van der Waals surface area contributed by atoms with Crippen molar-refractivity contribution in [3.63, 3.8) is 0 Å². The first-order valence-corrected chi connectivity index (χ1v) is 8.08. The van der Waals surface area contributed by atoms with Gasteiger partial charge < -0.3 is 10.1 Å². The zero-order chi connectivity index (χ0) is 14.5. The first kappa shape index (κ1) is 14.3. The third-order valence-electron chi connectivity index (χ3n) is 4.34. The fourth-order valence-corrected chi connectivity index (χ4v) is 3.11. The number of aromatic nitrogens is 1. The normalized spacial score (nSPS) is 15.7. The molecule has 0 radical (unpaired) electrons. The Morgan fingerprint density at radius 1 is 1.19 bits per heavy atom. The van der Waals surface area contributed by atoms with E-state index in [9.17, 15) is 0 Å². The molecule has 1 aliphatic rings. The molecule has 1 N–H and O–H groups in total. The van der Waals surface area contributed by atoms with E-state index in [4.69, 9.17) is 4.74 Å². The van der Waals surface area contributed by atoms with Crippen molar-refractivity contribution < 1.29 is 4.74 Å². The average molecular weight is 284 g/mol. The van der Waals surface area contributed by atoms with Crippen LogP contribution in [-0.4, -0.2) is 18.1 Å². The van der Waals surface area contributed by atoms with Crippen LogP contribution in [0.2, 0.25) is 0 Å². The summed E-state index contributed by atoms with van der Waals surface area (Å²) in [6.07, 6.45) is 7.26. The number of benzene rings is 1. The summed E-state index contributed by atoms with van der Waals surface area (Å²) in [5, 5.41) is 5.75. The maximum absolute atomic E-state index is 6.03. The van der Waals surface area contributed by atoms with Crippen LogP contribution in [0.15, 0.2) is 30.5 Å². The minimum atomic E-state index is 0.715.